The highest BCUT2D eigenvalue weighted by molar-refractivity contribution is 7.07. The number of likely N-dealkylation sites (N-methyl/N-ethyl adjacent to an activating group) is 1. The van der Waals surface area contributed by atoms with Gasteiger partial charge < -0.3 is 14.9 Å². The van der Waals surface area contributed by atoms with Crippen molar-refractivity contribution in [2.75, 3.05) is 52.9 Å². The zero-order valence-electron chi connectivity index (χ0n) is 15.3. The number of hydrogen-bond acceptors (Lipinski definition) is 5. The Bertz CT molecular complexity index is 529. The van der Waals surface area contributed by atoms with Crippen LogP contribution in [0.15, 0.2) is 16.8 Å². The lowest BCUT2D eigenvalue weighted by molar-refractivity contribution is -0.133. The van der Waals surface area contributed by atoms with E-state index in [9.17, 15) is 9.90 Å². The number of amides is 1. The summed E-state index contributed by atoms with van der Waals surface area (Å²) in [7, 11) is 2.19. The number of carbonyl (C=O) groups is 1. The summed E-state index contributed by atoms with van der Waals surface area (Å²) in [5.41, 5.74) is 1.13. The molecule has 0 aliphatic carbocycles. The molecule has 0 saturated carbocycles. The number of rotatable bonds is 6. The van der Waals surface area contributed by atoms with Crippen molar-refractivity contribution < 1.29 is 9.90 Å². The number of likely N-dealkylation sites (tertiary alicyclic amines) is 1. The fourth-order valence-corrected chi connectivity index (χ4v) is 4.87. The Hall–Kier alpha value is -0.950. The van der Waals surface area contributed by atoms with Gasteiger partial charge in [0.25, 0.3) is 0 Å². The molecule has 3 rings (SSSR count). The number of aliphatic hydroxyl groups excluding tert-OH is 1. The van der Waals surface area contributed by atoms with Crippen molar-refractivity contribution in [3.63, 3.8) is 0 Å². The van der Waals surface area contributed by atoms with Gasteiger partial charge in [0.05, 0.1) is 6.42 Å². The van der Waals surface area contributed by atoms with Gasteiger partial charge >= 0.3 is 0 Å². The minimum Gasteiger partial charge on any atom is -0.396 e. The van der Waals surface area contributed by atoms with Crippen molar-refractivity contribution in [3.05, 3.63) is 22.4 Å². The van der Waals surface area contributed by atoms with Gasteiger partial charge in [-0.05, 0) is 54.6 Å². The van der Waals surface area contributed by atoms with Crippen molar-refractivity contribution >= 4 is 17.2 Å². The van der Waals surface area contributed by atoms with Gasteiger partial charge in [0.15, 0.2) is 0 Å². The van der Waals surface area contributed by atoms with E-state index in [1.54, 1.807) is 11.3 Å². The molecular formula is C19H31N3O2S. The third kappa shape index (κ3) is 5.03. The maximum Gasteiger partial charge on any atom is 0.227 e. The molecule has 1 aromatic rings. The Kier molecular flexibility index (Phi) is 6.87. The maximum absolute atomic E-state index is 12.7. The number of piperidine rings is 1. The maximum atomic E-state index is 12.7. The first kappa shape index (κ1) is 18.8. The molecule has 2 aliphatic rings. The van der Waals surface area contributed by atoms with Gasteiger partial charge in [0, 0.05) is 51.9 Å². The second-order valence-corrected chi connectivity index (χ2v) is 8.25. The van der Waals surface area contributed by atoms with Crippen LogP contribution in [-0.4, -0.2) is 84.7 Å². The molecule has 140 valence electrons. The SMILES string of the molecule is CN1CCN(C2CCN(C(=O)Cc3ccsc3)CC2CCCO)CC1. The van der Waals surface area contributed by atoms with E-state index in [-0.39, 0.29) is 12.5 Å². The third-order valence-corrected chi connectivity index (χ3v) is 6.45. The van der Waals surface area contributed by atoms with Crippen molar-refractivity contribution in [1.29, 1.82) is 0 Å². The first-order valence-corrected chi connectivity index (χ1v) is 10.4. The summed E-state index contributed by atoms with van der Waals surface area (Å²) in [5.74, 6) is 0.736. The molecule has 2 saturated heterocycles. The predicted molar refractivity (Wildman–Crippen MR) is 102 cm³/mol. The number of piperazine rings is 1. The molecule has 2 fully saturated rings. The Morgan fingerprint density at radius 3 is 2.76 bits per heavy atom. The number of nitrogens with zero attached hydrogens (tertiary/aromatic N) is 3. The monoisotopic (exact) mass is 365 g/mol. The fraction of sp³-hybridized carbons (Fsp3) is 0.737. The Morgan fingerprint density at radius 1 is 1.28 bits per heavy atom. The van der Waals surface area contributed by atoms with Gasteiger partial charge in [0.1, 0.15) is 0 Å². The van der Waals surface area contributed by atoms with Crippen molar-refractivity contribution in [3.8, 4) is 0 Å². The number of hydrogen-bond donors (Lipinski definition) is 1. The predicted octanol–water partition coefficient (Wildman–Crippen LogP) is 1.53. The molecule has 25 heavy (non-hydrogen) atoms. The second kappa shape index (κ2) is 9.12. The first-order chi connectivity index (χ1) is 12.2. The molecule has 0 radical (unpaired) electrons. The first-order valence-electron chi connectivity index (χ1n) is 9.49. The smallest absolute Gasteiger partial charge is 0.227 e. The molecule has 1 amide bonds. The number of thiophene rings is 1. The van der Waals surface area contributed by atoms with Crippen LogP contribution in [0.2, 0.25) is 0 Å². The molecule has 1 N–H and O–H groups in total. The van der Waals surface area contributed by atoms with E-state index in [1.807, 2.05) is 11.4 Å². The van der Waals surface area contributed by atoms with Gasteiger partial charge in [-0.25, -0.2) is 0 Å². The molecule has 2 atom stereocenters. The van der Waals surface area contributed by atoms with E-state index in [2.05, 4.69) is 27.1 Å². The lowest BCUT2D eigenvalue weighted by atomic mass is 9.86. The third-order valence-electron chi connectivity index (χ3n) is 5.72. The topological polar surface area (TPSA) is 47.0 Å². The highest BCUT2D eigenvalue weighted by Gasteiger charge is 2.35. The van der Waals surface area contributed by atoms with Crippen molar-refractivity contribution in [1.82, 2.24) is 14.7 Å². The second-order valence-electron chi connectivity index (χ2n) is 7.47. The molecule has 0 bridgehead atoms. The van der Waals surface area contributed by atoms with Crippen LogP contribution in [0.1, 0.15) is 24.8 Å². The number of carbonyl (C=O) groups excluding carboxylic acids is 1. The van der Waals surface area contributed by atoms with Gasteiger partial charge in [-0.15, -0.1) is 0 Å². The van der Waals surface area contributed by atoms with Crippen LogP contribution >= 0.6 is 11.3 Å². The average molecular weight is 366 g/mol. The minimum atomic E-state index is 0.245. The standard InChI is InChI=1S/C19H31N3O2S/c1-20-7-9-21(10-8-20)18-4-6-22(14-17(18)3-2-11-23)19(24)13-16-5-12-25-15-16/h5,12,15,17-18,23H,2-4,6-11,13-14H2,1H3. The minimum absolute atomic E-state index is 0.245. The van der Waals surface area contributed by atoms with Crippen LogP contribution in [0, 0.1) is 5.92 Å². The summed E-state index contributed by atoms with van der Waals surface area (Å²) in [4.78, 5) is 19.7. The lowest BCUT2D eigenvalue weighted by Gasteiger charge is -2.46. The van der Waals surface area contributed by atoms with E-state index in [1.165, 1.54) is 0 Å². The van der Waals surface area contributed by atoms with E-state index in [0.717, 1.165) is 64.1 Å². The van der Waals surface area contributed by atoms with Crippen LogP contribution in [0.25, 0.3) is 0 Å². The van der Waals surface area contributed by atoms with Gasteiger partial charge in [0.2, 0.25) is 5.91 Å². The van der Waals surface area contributed by atoms with Crippen molar-refractivity contribution in [2.45, 2.75) is 31.7 Å². The van der Waals surface area contributed by atoms with E-state index in [0.29, 0.717) is 18.4 Å². The molecule has 3 heterocycles. The Labute approximate surface area is 155 Å². The summed E-state index contributed by atoms with van der Waals surface area (Å²) in [6, 6.07) is 2.61. The van der Waals surface area contributed by atoms with Gasteiger partial charge in [-0.2, -0.15) is 11.3 Å². The zero-order valence-corrected chi connectivity index (χ0v) is 16.1. The fourth-order valence-electron chi connectivity index (χ4n) is 4.20. The van der Waals surface area contributed by atoms with Crippen LogP contribution in [0.3, 0.4) is 0 Å². The van der Waals surface area contributed by atoms with Gasteiger partial charge in [-0.3, -0.25) is 9.69 Å². The highest BCUT2D eigenvalue weighted by Crippen LogP contribution is 2.27. The highest BCUT2D eigenvalue weighted by atomic mass is 32.1. The van der Waals surface area contributed by atoms with E-state index >= 15 is 0 Å². The van der Waals surface area contributed by atoms with Crippen LogP contribution in [0.4, 0.5) is 0 Å². The van der Waals surface area contributed by atoms with Crippen LogP contribution < -0.4 is 0 Å². The molecule has 2 unspecified atom stereocenters. The normalized spacial score (nSPS) is 26.1. The summed E-state index contributed by atoms with van der Waals surface area (Å²) in [5, 5.41) is 13.4. The summed E-state index contributed by atoms with van der Waals surface area (Å²) in [6.07, 6.45) is 3.43. The molecule has 1 aromatic heterocycles. The molecular weight excluding hydrogens is 334 g/mol. The van der Waals surface area contributed by atoms with Gasteiger partial charge in [-0.1, -0.05) is 0 Å². The molecule has 6 heteroatoms. The van der Waals surface area contributed by atoms with Crippen LogP contribution in [0.5, 0.6) is 0 Å². The molecule has 0 aromatic carbocycles. The van der Waals surface area contributed by atoms with E-state index < -0.39 is 0 Å². The van der Waals surface area contributed by atoms with E-state index in [4.69, 9.17) is 0 Å². The lowest BCUT2D eigenvalue weighted by Crippen LogP contribution is -2.57. The summed E-state index contributed by atoms with van der Waals surface area (Å²) in [6.45, 7) is 6.47. The summed E-state index contributed by atoms with van der Waals surface area (Å²) >= 11 is 1.65. The molecule has 0 spiro atoms. The quantitative estimate of drug-likeness (QED) is 0.831. The summed E-state index contributed by atoms with van der Waals surface area (Å²) < 4.78 is 0. The molecule has 5 nitrogen and oxygen atoms in total. The largest absolute Gasteiger partial charge is 0.396 e. The zero-order chi connectivity index (χ0) is 17.6. The van der Waals surface area contributed by atoms with Crippen molar-refractivity contribution in [2.24, 2.45) is 5.92 Å². The average Bonchev–Trinajstić information content (AvgIpc) is 3.13. The Morgan fingerprint density at radius 2 is 2.08 bits per heavy atom. The Balaban J connectivity index is 1.60. The molecule has 2 aliphatic heterocycles. The van der Waals surface area contributed by atoms with Crippen LogP contribution in [-0.2, 0) is 11.2 Å². The number of aliphatic hydroxyl groups is 1.